The van der Waals surface area contributed by atoms with Crippen molar-refractivity contribution in [2.45, 2.75) is 39.0 Å². The summed E-state index contributed by atoms with van der Waals surface area (Å²) in [6.07, 6.45) is 4.14. The third-order valence-corrected chi connectivity index (χ3v) is 3.46. The van der Waals surface area contributed by atoms with E-state index >= 15 is 0 Å². The molecule has 0 saturated carbocycles. The molecule has 1 heterocycles. The Bertz CT molecular complexity index is 550. The number of aromatic amines is 1. The number of carbonyl (C=O) groups is 3. The largest absolute Gasteiger partial charge is 0.451 e. The zero-order valence-corrected chi connectivity index (χ0v) is 12.0. The Morgan fingerprint density at radius 2 is 2.05 bits per heavy atom. The van der Waals surface area contributed by atoms with Gasteiger partial charge >= 0.3 is 5.97 Å². The first-order valence-corrected chi connectivity index (χ1v) is 7.13. The molecule has 114 valence electrons. The second-order valence-electron chi connectivity index (χ2n) is 4.98. The van der Waals surface area contributed by atoms with Crippen molar-refractivity contribution in [1.82, 2.24) is 15.5 Å². The summed E-state index contributed by atoms with van der Waals surface area (Å²) in [6.45, 7) is 1.28. The van der Waals surface area contributed by atoms with E-state index in [0.29, 0.717) is 6.42 Å². The summed E-state index contributed by atoms with van der Waals surface area (Å²) in [7, 11) is 0. The Morgan fingerprint density at radius 1 is 1.29 bits per heavy atom. The average Bonchev–Trinajstić information content (AvgIpc) is 2.94. The molecule has 0 spiro atoms. The van der Waals surface area contributed by atoms with E-state index in [1.165, 1.54) is 0 Å². The molecule has 2 rings (SSSR count). The first-order chi connectivity index (χ1) is 10.1. The van der Waals surface area contributed by atoms with E-state index in [1.54, 1.807) is 6.92 Å². The van der Waals surface area contributed by atoms with Crippen LogP contribution in [0, 0.1) is 0 Å². The molecule has 0 unspecified atom stereocenters. The van der Waals surface area contributed by atoms with Crippen molar-refractivity contribution in [3.8, 4) is 0 Å². The minimum atomic E-state index is -0.605. The van der Waals surface area contributed by atoms with Gasteiger partial charge in [0, 0.05) is 17.7 Å². The number of nitrogens with one attached hydrogen (secondary N) is 2. The van der Waals surface area contributed by atoms with Crippen molar-refractivity contribution in [3.05, 3.63) is 17.0 Å². The van der Waals surface area contributed by atoms with E-state index in [2.05, 4.69) is 15.5 Å². The third kappa shape index (κ3) is 3.90. The first kappa shape index (κ1) is 15.2. The molecule has 1 aromatic rings. The van der Waals surface area contributed by atoms with Crippen molar-refractivity contribution >= 4 is 17.7 Å². The molecule has 0 radical (unpaired) electrons. The molecule has 1 amide bonds. The minimum Gasteiger partial charge on any atom is -0.451 e. The summed E-state index contributed by atoms with van der Waals surface area (Å²) in [5.74, 6) is -1.17. The average molecular weight is 293 g/mol. The number of H-pyrrole nitrogens is 1. The van der Waals surface area contributed by atoms with Crippen LogP contribution < -0.4 is 5.32 Å². The monoisotopic (exact) mass is 293 g/mol. The van der Waals surface area contributed by atoms with Crippen LogP contribution in [0.5, 0.6) is 0 Å². The number of esters is 1. The van der Waals surface area contributed by atoms with Crippen LogP contribution in [-0.4, -0.2) is 41.0 Å². The molecule has 21 heavy (non-hydrogen) atoms. The van der Waals surface area contributed by atoms with Crippen molar-refractivity contribution in [2.24, 2.45) is 0 Å². The molecule has 0 fully saturated rings. The van der Waals surface area contributed by atoms with Gasteiger partial charge in [-0.15, -0.1) is 0 Å². The lowest BCUT2D eigenvalue weighted by atomic mass is 9.96. The zero-order valence-electron chi connectivity index (χ0n) is 12.0. The molecule has 0 atom stereocenters. The van der Waals surface area contributed by atoms with E-state index in [1.807, 2.05) is 0 Å². The second kappa shape index (κ2) is 7.01. The predicted molar refractivity (Wildman–Crippen MR) is 73.8 cm³/mol. The van der Waals surface area contributed by atoms with Crippen LogP contribution >= 0.6 is 0 Å². The van der Waals surface area contributed by atoms with Gasteiger partial charge in [0.05, 0.1) is 6.54 Å². The number of ketones is 1. The topological polar surface area (TPSA) is 101 Å². The number of aromatic nitrogens is 2. The molecule has 7 heteroatoms. The van der Waals surface area contributed by atoms with Gasteiger partial charge in [0.1, 0.15) is 0 Å². The standard InChI is InChI=1S/C14H19N3O4/c1-2-9(18)7-15-12(19)8-21-14(20)13-10-5-3-4-6-11(10)16-17-13/h2-8H2,1H3,(H,15,19)(H,16,17). The number of Topliss-reactive ketones (excluding diaryl/α,β-unsaturated/α-hetero) is 1. The number of ether oxygens (including phenoxy) is 1. The maximum Gasteiger partial charge on any atom is 0.359 e. The predicted octanol–water partition coefficient (Wildman–Crippen LogP) is 0.541. The quantitative estimate of drug-likeness (QED) is 0.745. The summed E-state index contributed by atoms with van der Waals surface area (Å²) in [5.41, 5.74) is 2.14. The van der Waals surface area contributed by atoms with Crippen LogP contribution in [0.15, 0.2) is 0 Å². The Hall–Kier alpha value is -2.18. The van der Waals surface area contributed by atoms with Gasteiger partial charge in [0.15, 0.2) is 18.1 Å². The maximum atomic E-state index is 11.9. The minimum absolute atomic E-state index is 0.0370. The summed E-state index contributed by atoms with van der Waals surface area (Å²) in [5, 5.41) is 9.23. The number of aryl methyl sites for hydroxylation is 1. The molecule has 0 saturated heterocycles. The Balaban J connectivity index is 1.83. The van der Waals surface area contributed by atoms with E-state index < -0.39 is 18.5 Å². The van der Waals surface area contributed by atoms with E-state index in [9.17, 15) is 14.4 Å². The lowest BCUT2D eigenvalue weighted by Crippen LogP contribution is -2.33. The number of fused-ring (bicyclic) bond motifs is 1. The number of rotatable bonds is 6. The maximum absolute atomic E-state index is 11.9. The zero-order chi connectivity index (χ0) is 15.2. The van der Waals surface area contributed by atoms with Gasteiger partial charge < -0.3 is 10.1 Å². The molecule has 1 aliphatic carbocycles. The summed E-state index contributed by atoms with van der Waals surface area (Å²) < 4.78 is 4.94. The van der Waals surface area contributed by atoms with Crippen LogP contribution in [-0.2, 0) is 27.2 Å². The summed E-state index contributed by atoms with van der Waals surface area (Å²) in [4.78, 5) is 34.4. The van der Waals surface area contributed by atoms with Crippen molar-refractivity contribution < 1.29 is 19.1 Å². The van der Waals surface area contributed by atoms with Gasteiger partial charge in [0.2, 0.25) is 0 Å². The van der Waals surface area contributed by atoms with Crippen LogP contribution in [0.3, 0.4) is 0 Å². The summed E-state index contributed by atoms with van der Waals surface area (Å²) in [6, 6.07) is 0. The highest BCUT2D eigenvalue weighted by Gasteiger charge is 2.23. The van der Waals surface area contributed by atoms with E-state index in [-0.39, 0.29) is 18.0 Å². The third-order valence-electron chi connectivity index (χ3n) is 3.46. The molecule has 1 aromatic heterocycles. The lowest BCUT2D eigenvalue weighted by Gasteiger charge is -2.10. The first-order valence-electron chi connectivity index (χ1n) is 7.13. The fraction of sp³-hybridized carbons (Fsp3) is 0.571. The number of carbonyl (C=O) groups excluding carboxylic acids is 3. The van der Waals surface area contributed by atoms with Crippen molar-refractivity contribution in [3.63, 3.8) is 0 Å². The Kier molecular flexibility index (Phi) is 5.08. The highest BCUT2D eigenvalue weighted by Crippen LogP contribution is 2.22. The van der Waals surface area contributed by atoms with Gasteiger partial charge in [-0.05, 0) is 25.7 Å². The number of hydrogen-bond donors (Lipinski definition) is 2. The van der Waals surface area contributed by atoms with Crippen LogP contribution in [0.4, 0.5) is 0 Å². The summed E-state index contributed by atoms with van der Waals surface area (Å²) >= 11 is 0. The Morgan fingerprint density at radius 3 is 2.81 bits per heavy atom. The molecule has 1 aliphatic rings. The Labute approximate surface area is 122 Å². The molecule has 7 nitrogen and oxygen atoms in total. The molecule has 0 aliphatic heterocycles. The van der Waals surface area contributed by atoms with E-state index in [4.69, 9.17) is 4.74 Å². The van der Waals surface area contributed by atoms with Crippen LogP contribution in [0.1, 0.15) is 47.9 Å². The molecular weight excluding hydrogens is 274 g/mol. The molecule has 0 aromatic carbocycles. The van der Waals surface area contributed by atoms with Crippen molar-refractivity contribution in [2.75, 3.05) is 13.2 Å². The molecular formula is C14H19N3O4. The highest BCUT2D eigenvalue weighted by atomic mass is 16.5. The van der Waals surface area contributed by atoms with Gasteiger partial charge in [-0.25, -0.2) is 4.79 Å². The van der Waals surface area contributed by atoms with Crippen LogP contribution in [0.2, 0.25) is 0 Å². The van der Waals surface area contributed by atoms with Crippen molar-refractivity contribution in [1.29, 1.82) is 0 Å². The fourth-order valence-corrected chi connectivity index (χ4v) is 2.22. The normalized spacial score (nSPS) is 13.4. The van der Waals surface area contributed by atoms with Crippen LogP contribution in [0.25, 0.3) is 0 Å². The van der Waals surface area contributed by atoms with Gasteiger partial charge in [-0.2, -0.15) is 5.10 Å². The molecule has 0 bridgehead atoms. The van der Waals surface area contributed by atoms with Gasteiger partial charge in [0.25, 0.3) is 5.91 Å². The van der Waals surface area contributed by atoms with Gasteiger partial charge in [-0.3, -0.25) is 14.7 Å². The molecule has 2 N–H and O–H groups in total. The SMILES string of the molecule is CCC(=O)CNC(=O)COC(=O)c1n[nH]c2c1CCCC2. The van der Waals surface area contributed by atoms with E-state index in [0.717, 1.165) is 36.9 Å². The highest BCUT2D eigenvalue weighted by molar-refractivity contribution is 5.92. The fourth-order valence-electron chi connectivity index (χ4n) is 2.22. The number of hydrogen-bond acceptors (Lipinski definition) is 5. The lowest BCUT2D eigenvalue weighted by molar-refractivity contribution is -0.127. The number of amides is 1. The second-order valence-corrected chi connectivity index (χ2v) is 4.98. The van der Waals surface area contributed by atoms with Gasteiger partial charge in [-0.1, -0.05) is 6.92 Å². The number of nitrogens with zero attached hydrogens (tertiary/aromatic N) is 1. The smallest absolute Gasteiger partial charge is 0.359 e.